The first-order valence-corrected chi connectivity index (χ1v) is 11.3. The molecule has 0 spiro atoms. The highest BCUT2D eigenvalue weighted by Gasteiger charge is 2.46. The summed E-state index contributed by atoms with van der Waals surface area (Å²) < 4.78 is 15.9. The molecule has 166 valence electrons. The monoisotopic (exact) mass is 435 g/mol. The minimum Gasteiger partial charge on any atom is -0.507 e. The van der Waals surface area contributed by atoms with Crippen molar-refractivity contribution in [2.45, 2.75) is 62.4 Å². The van der Waals surface area contributed by atoms with E-state index in [4.69, 9.17) is 0 Å². The fraction of sp³-hybridized carbons (Fsp3) is 0.478. The van der Waals surface area contributed by atoms with Crippen LogP contribution in [0.5, 0.6) is 5.75 Å². The molecule has 2 N–H and O–H groups in total. The number of piperidine rings is 1. The van der Waals surface area contributed by atoms with Gasteiger partial charge < -0.3 is 15.3 Å². The summed E-state index contributed by atoms with van der Waals surface area (Å²) in [6, 6.07) is 6.27. The number of aromatic nitrogens is 5. The number of anilines is 1. The zero-order valence-corrected chi connectivity index (χ0v) is 17.9. The molecule has 0 amide bonds. The van der Waals surface area contributed by atoms with Crippen molar-refractivity contribution in [3.8, 4) is 28.1 Å². The molecule has 2 aliphatic heterocycles. The van der Waals surface area contributed by atoms with Crippen LogP contribution in [-0.4, -0.2) is 60.4 Å². The lowest BCUT2D eigenvalue weighted by atomic mass is 9.98. The van der Waals surface area contributed by atoms with Crippen LogP contribution < -0.4 is 10.2 Å². The van der Waals surface area contributed by atoms with Crippen LogP contribution in [0, 0.1) is 0 Å². The Kier molecular flexibility index (Phi) is 4.60. The van der Waals surface area contributed by atoms with Gasteiger partial charge in [0.25, 0.3) is 0 Å². The van der Waals surface area contributed by atoms with Gasteiger partial charge >= 0.3 is 0 Å². The molecular formula is C23H26FN7O. The molecule has 6 rings (SSSR count). The number of benzene rings is 1. The predicted molar refractivity (Wildman–Crippen MR) is 118 cm³/mol. The van der Waals surface area contributed by atoms with Crippen molar-refractivity contribution in [2.24, 2.45) is 7.05 Å². The fourth-order valence-electron chi connectivity index (χ4n) is 5.22. The van der Waals surface area contributed by atoms with Crippen LogP contribution in [0.1, 0.15) is 32.1 Å². The smallest absolute Gasteiger partial charge is 0.245 e. The Morgan fingerprint density at radius 1 is 1.09 bits per heavy atom. The van der Waals surface area contributed by atoms with Crippen molar-refractivity contribution in [3.63, 3.8) is 0 Å². The van der Waals surface area contributed by atoms with E-state index in [1.54, 1.807) is 23.1 Å². The third kappa shape index (κ3) is 3.50. The molecule has 2 saturated heterocycles. The lowest BCUT2D eigenvalue weighted by Gasteiger charge is -2.37. The molecule has 1 aromatic carbocycles. The van der Waals surface area contributed by atoms with Crippen LogP contribution in [0.2, 0.25) is 0 Å². The van der Waals surface area contributed by atoms with Gasteiger partial charge in [0, 0.05) is 48.5 Å². The van der Waals surface area contributed by atoms with Gasteiger partial charge in [-0.3, -0.25) is 4.68 Å². The van der Waals surface area contributed by atoms with E-state index in [0.717, 1.165) is 36.8 Å². The maximum Gasteiger partial charge on any atom is 0.245 e. The van der Waals surface area contributed by atoms with Crippen molar-refractivity contribution in [2.75, 3.05) is 4.90 Å². The third-order valence-corrected chi connectivity index (χ3v) is 6.90. The number of alkyl halides is 1. The second kappa shape index (κ2) is 7.51. The first-order valence-electron chi connectivity index (χ1n) is 11.3. The lowest BCUT2D eigenvalue weighted by molar-refractivity contribution is 0.271. The summed E-state index contributed by atoms with van der Waals surface area (Å²) in [4.78, 5) is 6.89. The highest BCUT2D eigenvalue weighted by molar-refractivity contribution is 5.73. The third-order valence-electron chi connectivity index (χ3n) is 6.90. The number of hydrogen-bond donors (Lipinski definition) is 2. The summed E-state index contributed by atoms with van der Waals surface area (Å²) in [7, 11) is 1.86. The molecule has 32 heavy (non-hydrogen) atoms. The Bertz CT molecular complexity index is 1130. The van der Waals surface area contributed by atoms with Crippen molar-refractivity contribution in [1.82, 2.24) is 30.3 Å². The van der Waals surface area contributed by atoms with Crippen LogP contribution in [0.15, 0.2) is 36.8 Å². The van der Waals surface area contributed by atoms with E-state index >= 15 is 0 Å². The summed E-state index contributed by atoms with van der Waals surface area (Å²) >= 11 is 0. The molecule has 0 radical (unpaired) electrons. The maximum atomic E-state index is 14.2. The highest BCUT2D eigenvalue weighted by atomic mass is 19.1. The van der Waals surface area contributed by atoms with Crippen LogP contribution in [0.4, 0.5) is 10.3 Å². The zero-order chi connectivity index (χ0) is 21.8. The maximum absolute atomic E-state index is 14.2. The Morgan fingerprint density at radius 2 is 1.97 bits per heavy atom. The molecule has 0 unspecified atom stereocenters. The fourth-order valence-corrected chi connectivity index (χ4v) is 5.22. The zero-order valence-electron chi connectivity index (χ0n) is 17.9. The van der Waals surface area contributed by atoms with Gasteiger partial charge in [0.05, 0.1) is 12.4 Å². The molecule has 2 aromatic heterocycles. The van der Waals surface area contributed by atoms with E-state index < -0.39 is 6.17 Å². The molecule has 4 heterocycles. The number of aromatic hydroxyl groups is 1. The molecule has 3 fully saturated rings. The average molecular weight is 436 g/mol. The number of hydrogen-bond acceptors (Lipinski definition) is 7. The minimum atomic E-state index is -0.759. The first-order chi connectivity index (χ1) is 15.5. The van der Waals surface area contributed by atoms with Crippen molar-refractivity contribution in [3.05, 3.63) is 36.8 Å². The van der Waals surface area contributed by atoms with Gasteiger partial charge in [-0.2, -0.15) is 5.10 Å². The normalized spacial score (nSPS) is 26.9. The number of fused-ring (bicyclic) bond motifs is 2. The van der Waals surface area contributed by atoms with Crippen molar-refractivity contribution >= 4 is 5.95 Å². The number of phenolic OH excluding ortho intramolecular Hbond substituents is 1. The quantitative estimate of drug-likeness (QED) is 0.637. The van der Waals surface area contributed by atoms with Crippen LogP contribution in [0.3, 0.4) is 0 Å². The molecule has 8 nitrogen and oxygen atoms in total. The Morgan fingerprint density at radius 3 is 2.62 bits per heavy atom. The summed E-state index contributed by atoms with van der Waals surface area (Å²) in [6.45, 7) is 0. The molecule has 1 aliphatic carbocycles. The van der Waals surface area contributed by atoms with Gasteiger partial charge in [-0.25, -0.2) is 9.37 Å². The van der Waals surface area contributed by atoms with Gasteiger partial charge in [0.1, 0.15) is 17.6 Å². The molecule has 9 heteroatoms. The number of nitrogens with zero attached hydrogens (tertiary/aromatic N) is 6. The van der Waals surface area contributed by atoms with Gasteiger partial charge in [0.2, 0.25) is 5.95 Å². The molecule has 1 saturated carbocycles. The summed E-state index contributed by atoms with van der Waals surface area (Å²) in [5.74, 6) is 0.725. The number of rotatable bonds is 5. The molecular weight excluding hydrogens is 409 g/mol. The van der Waals surface area contributed by atoms with Crippen LogP contribution >= 0.6 is 0 Å². The molecule has 3 aromatic rings. The molecule has 2 bridgehead atoms. The van der Waals surface area contributed by atoms with E-state index in [-0.39, 0.29) is 23.9 Å². The average Bonchev–Trinajstić information content (AvgIpc) is 3.46. The highest BCUT2D eigenvalue weighted by Crippen LogP contribution is 2.39. The molecule has 3 aliphatic rings. The van der Waals surface area contributed by atoms with Crippen LogP contribution in [0.25, 0.3) is 22.4 Å². The Balaban J connectivity index is 1.25. The van der Waals surface area contributed by atoms with Gasteiger partial charge in [0.15, 0.2) is 0 Å². The van der Waals surface area contributed by atoms with E-state index in [2.05, 4.69) is 30.5 Å². The Hall–Kier alpha value is -3.07. The van der Waals surface area contributed by atoms with E-state index in [1.807, 2.05) is 25.4 Å². The van der Waals surface area contributed by atoms with Crippen LogP contribution in [-0.2, 0) is 7.05 Å². The number of aryl methyl sites for hydroxylation is 1. The van der Waals surface area contributed by atoms with E-state index in [1.165, 1.54) is 0 Å². The number of halogens is 1. The van der Waals surface area contributed by atoms with Gasteiger partial charge in [-0.15, -0.1) is 10.2 Å². The minimum absolute atomic E-state index is 0.0671. The van der Waals surface area contributed by atoms with E-state index in [0.29, 0.717) is 29.7 Å². The van der Waals surface area contributed by atoms with Gasteiger partial charge in [-0.05, 0) is 49.8 Å². The second-order valence-electron chi connectivity index (χ2n) is 9.26. The van der Waals surface area contributed by atoms with E-state index in [9.17, 15) is 9.50 Å². The SMILES string of the molecule is Cn1cc(-c2ccc(-c3cnc(N(C4CC4)[C@@H]4C[C@@H]5C[C@@H](F)[C@@H](C4)N5)nn3)c(O)c2)cn1. The first kappa shape index (κ1) is 19.6. The Labute approximate surface area is 185 Å². The van der Waals surface area contributed by atoms with Crippen molar-refractivity contribution in [1.29, 1.82) is 0 Å². The van der Waals surface area contributed by atoms with Gasteiger partial charge in [-0.1, -0.05) is 6.07 Å². The summed E-state index contributed by atoms with van der Waals surface area (Å²) in [5, 5.41) is 27.0. The number of nitrogens with one attached hydrogen (secondary N) is 1. The van der Waals surface area contributed by atoms with Crippen molar-refractivity contribution < 1.29 is 9.50 Å². The lowest BCUT2D eigenvalue weighted by Crippen LogP contribution is -2.50. The molecule has 4 atom stereocenters. The topological polar surface area (TPSA) is 92.0 Å². The predicted octanol–water partition coefficient (Wildman–Crippen LogP) is 2.84. The largest absolute Gasteiger partial charge is 0.507 e. The summed E-state index contributed by atoms with van der Waals surface area (Å²) in [5.41, 5.74) is 2.92. The second-order valence-corrected chi connectivity index (χ2v) is 9.26. The summed E-state index contributed by atoms with van der Waals surface area (Å²) in [6.07, 6.45) is 9.08. The standard InChI is InChI=1S/C23H26FN7O/c1-30-12-14(10-26-30)13-2-5-18(22(32)6-13)21-11-25-23(29-28-21)31(16-3-4-16)17-7-15-8-19(24)20(9-17)27-15/h2,5-6,10-12,15-17,19-20,27,32H,3-4,7-9H2,1H3/t15-,17-,19-,20-/m1/s1. The number of phenols is 1.